The first-order valence-electron chi connectivity index (χ1n) is 7.60. The van der Waals surface area contributed by atoms with E-state index in [1.54, 1.807) is 0 Å². The predicted octanol–water partition coefficient (Wildman–Crippen LogP) is 3.31. The van der Waals surface area contributed by atoms with E-state index in [2.05, 4.69) is 91.6 Å². The molecule has 112 valence electrons. The van der Waals surface area contributed by atoms with Gasteiger partial charge in [0.15, 0.2) is 0 Å². The highest BCUT2D eigenvalue weighted by Crippen LogP contribution is 2.25. The smallest absolute Gasteiger partial charge is 0.0217 e. The molecule has 0 saturated heterocycles. The highest BCUT2D eigenvalue weighted by Gasteiger charge is 2.16. The molecule has 0 bridgehead atoms. The highest BCUT2D eigenvalue weighted by atomic mass is 15.1. The van der Waals surface area contributed by atoms with Gasteiger partial charge in [0, 0.05) is 25.6 Å². The molecule has 2 aromatic carbocycles. The molecule has 0 spiro atoms. The van der Waals surface area contributed by atoms with Gasteiger partial charge in [0.05, 0.1) is 0 Å². The Hall–Kier alpha value is -1.64. The maximum absolute atomic E-state index is 2.42. The topological polar surface area (TPSA) is 6.48 Å². The lowest BCUT2D eigenvalue weighted by molar-refractivity contribution is 0.276. The molecule has 2 nitrogen and oxygen atoms in total. The third kappa shape index (κ3) is 5.00. The average Bonchev–Trinajstić information content (AvgIpc) is 2.52. The van der Waals surface area contributed by atoms with Gasteiger partial charge in [-0.15, -0.1) is 0 Å². The molecule has 0 heterocycles. The van der Waals surface area contributed by atoms with E-state index in [1.165, 1.54) is 11.1 Å². The zero-order valence-corrected chi connectivity index (χ0v) is 13.4. The Kier molecular flexibility index (Phi) is 5.97. The molecular weight excluding hydrogens is 256 g/mol. The molecule has 0 atom stereocenters. The van der Waals surface area contributed by atoms with E-state index in [4.69, 9.17) is 0 Å². The van der Waals surface area contributed by atoms with Crippen molar-refractivity contribution in [3.05, 3.63) is 71.8 Å². The third-order valence-corrected chi connectivity index (χ3v) is 3.83. The molecule has 0 amide bonds. The minimum Gasteiger partial charge on any atom is -0.308 e. The number of benzene rings is 2. The van der Waals surface area contributed by atoms with E-state index in [0.29, 0.717) is 5.92 Å². The van der Waals surface area contributed by atoms with Crippen molar-refractivity contribution in [3.63, 3.8) is 0 Å². The molecule has 0 aliphatic carbocycles. The third-order valence-electron chi connectivity index (χ3n) is 3.83. The summed E-state index contributed by atoms with van der Waals surface area (Å²) in [6.45, 7) is 3.22. The van der Waals surface area contributed by atoms with Gasteiger partial charge in [-0.3, -0.25) is 0 Å². The lowest BCUT2D eigenvalue weighted by Gasteiger charge is -2.26. The van der Waals surface area contributed by atoms with Crippen molar-refractivity contribution in [2.75, 3.05) is 40.8 Å². The minimum atomic E-state index is 0.430. The monoisotopic (exact) mass is 282 g/mol. The molecule has 0 radical (unpaired) electrons. The molecule has 2 aromatic rings. The molecule has 21 heavy (non-hydrogen) atoms. The first kappa shape index (κ1) is 15.7. The van der Waals surface area contributed by atoms with Gasteiger partial charge in [-0.1, -0.05) is 60.7 Å². The number of nitrogens with zero attached hydrogens (tertiary/aromatic N) is 2. The zero-order chi connectivity index (χ0) is 15.1. The van der Waals surface area contributed by atoms with E-state index in [9.17, 15) is 0 Å². The fourth-order valence-corrected chi connectivity index (χ4v) is 2.55. The first-order valence-corrected chi connectivity index (χ1v) is 7.60. The second-order valence-corrected chi connectivity index (χ2v) is 5.94. The Balaban J connectivity index is 2.13. The van der Waals surface area contributed by atoms with Crippen LogP contribution in [0.5, 0.6) is 0 Å². The van der Waals surface area contributed by atoms with Crippen LogP contribution in [0.1, 0.15) is 17.0 Å². The van der Waals surface area contributed by atoms with Crippen LogP contribution >= 0.6 is 0 Å². The van der Waals surface area contributed by atoms with Gasteiger partial charge in [-0.05, 0) is 32.3 Å². The highest BCUT2D eigenvalue weighted by molar-refractivity contribution is 5.32. The SMILES string of the molecule is CN(C)CCN(C)CC(c1ccccc1)c1ccccc1. The molecule has 0 fully saturated rings. The van der Waals surface area contributed by atoms with Crippen molar-refractivity contribution in [2.45, 2.75) is 5.92 Å². The number of rotatable bonds is 7. The fourth-order valence-electron chi connectivity index (χ4n) is 2.55. The van der Waals surface area contributed by atoms with Crippen LogP contribution in [0.15, 0.2) is 60.7 Å². The van der Waals surface area contributed by atoms with Crippen LogP contribution in [0.25, 0.3) is 0 Å². The Morgan fingerprint density at radius 1 is 0.714 bits per heavy atom. The van der Waals surface area contributed by atoms with Crippen molar-refractivity contribution < 1.29 is 0 Å². The van der Waals surface area contributed by atoms with E-state index < -0.39 is 0 Å². The average molecular weight is 282 g/mol. The molecule has 0 aliphatic rings. The molecule has 0 aliphatic heterocycles. The summed E-state index contributed by atoms with van der Waals surface area (Å²) in [5.74, 6) is 0.430. The van der Waals surface area contributed by atoms with Crippen LogP contribution in [0, 0.1) is 0 Å². The summed E-state index contributed by atoms with van der Waals surface area (Å²) in [5.41, 5.74) is 2.78. The maximum Gasteiger partial charge on any atom is 0.0217 e. The number of hydrogen-bond donors (Lipinski definition) is 0. The molecule has 2 rings (SSSR count). The van der Waals surface area contributed by atoms with Gasteiger partial charge >= 0.3 is 0 Å². The lowest BCUT2D eigenvalue weighted by atomic mass is 9.91. The van der Waals surface area contributed by atoms with Gasteiger partial charge < -0.3 is 9.80 Å². The normalized spacial score (nSPS) is 11.5. The van der Waals surface area contributed by atoms with Crippen molar-refractivity contribution in [1.82, 2.24) is 9.80 Å². The zero-order valence-electron chi connectivity index (χ0n) is 13.4. The van der Waals surface area contributed by atoms with E-state index >= 15 is 0 Å². The van der Waals surface area contributed by atoms with Crippen molar-refractivity contribution in [1.29, 1.82) is 0 Å². The van der Waals surface area contributed by atoms with Crippen molar-refractivity contribution >= 4 is 0 Å². The van der Waals surface area contributed by atoms with Crippen molar-refractivity contribution in [3.8, 4) is 0 Å². The standard InChI is InChI=1S/C19H26N2/c1-20(2)14-15-21(3)16-19(17-10-6-4-7-11-17)18-12-8-5-9-13-18/h4-13,19H,14-16H2,1-3H3. The molecular formula is C19H26N2. The fraction of sp³-hybridized carbons (Fsp3) is 0.368. The Bertz CT molecular complexity index is 468. The van der Waals surface area contributed by atoms with Crippen LogP contribution in [0.2, 0.25) is 0 Å². The quantitative estimate of drug-likeness (QED) is 0.769. The summed E-state index contributed by atoms with van der Waals surface area (Å²) in [6, 6.07) is 21.6. The van der Waals surface area contributed by atoms with Crippen LogP contribution in [-0.4, -0.2) is 50.6 Å². The van der Waals surface area contributed by atoms with Crippen LogP contribution < -0.4 is 0 Å². The lowest BCUT2D eigenvalue weighted by Crippen LogP contribution is -2.32. The summed E-state index contributed by atoms with van der Waals surface area (Å²) in [6.07, 6.45) is 0. The molecule has 0 N–H and O–H groups in total. The Labute approximate surface area is 129 Å². The molecule has 0 saturated carbocycles. The second-order valence-electron chi connectivity index (χ2n) is 5.94. The Morgan fingerprint density at radius 2 is 1.19 bits per heavy atom. The molecule has 0 unspecified atom stereocenters. The molecule has 0 aromatic heterocycles. The summed E-state index contributed by atoms with van der Waals surface area (Å²) < 4.78 is 0. The van der Waals surface area contributed by atoms with Gasteiger partial charge in [-0.2, -0.15) is 0 Å². The number of likely N-dealkylation sites (N-methyl/N-ethyl adjacent to an activating group) is 2. The predicted molar refractivity (Wildman–Crippen MR) is 90.8 cm³/mol. The summed E-state index contributed by atoms with van der Waals surface area (Å²) in [5, 5.41) is 0. The number of hydrogen-bond acceptors (Lipinski definition) is 2. The van der Waals surface area contributed by atoms with Crippen LogP contribution in [0.4, 0.5) is 0 Å². The first-order chi connectivity index (χ1) is 10.2. The van der Waals surface area contributed by atoms with Gasteiger partial charge in [0.25, 0.3) is 0 Å². The van der Waals surface area contributed by atoms with Crippen molar-refractivity contribution in [2.24, 2.45) is 0 Å². The van der Waals surface area contributed by atoms with Gasteiger partial charge in [-0.25, -0.2) is 0 Å². The summed E-state index contributed by atoms with van der Waals surface area (Å²) in [4.78, 5) is 4.65. The van der Waals surface area contributed by atoms with Crippen LogP contribution in [-0.2, 0) is 0 Å². The molecule has 2 heteroatoms. The Morgan fingerprint density at radius 3 is 1.62 bits per heavy atom. The van der Waals surface area contributed by atoms with E-state index in [-0.39, 0.29) is 0 Å². The van der Waals surface area contributed by atoms with E-state index in [0.717, 1.165) is 19.6 Å². The largest absolute Gasteiger partial charge is 0.308 e. The maximum atomic E-state index is 2.42. The van der Waals surface area contributed by atoms with E-state index in [1.807, 2.05) is 0 Å². The second kappa shape index (κ2) is 7.96. The summed E-state index contributed by atoms with van der Waals surface area (Å²) in [7, 11) is 6.46. The van der Waals surface area contributed by atoms with Gasteiger partial charge in [0.1, 0.15) is 0 Å². The minimum absolute atomic E-state index is 0.430. The van der Waals surface area contributed by atoms with Crippen LogP contribution in [0.3, 0.4) is 0 Å². The summed E-state index contributed by atoms with van der Waals surface area (Å²) >= 11 is 0. The van der Waals surface area contributed by atoms with Gasteiger partial charge in [0.2, 0.25) is 0 Å².